The van der Waals surface area contributed by atoms with Crippen LogP contribution in [0.3, 0.4) is 0 Å². The van der Waals surface area contributed by atoms with E-state index in [1.54, 1.807) is 24.3 Å². The van der Waals surface area contributed by atoms with Gasteiger partial charge in [0.05, 0.1) is 12.1 Å². The molecule has 2 N–H and O–H groups in total. The van der Waals surface area contributed by atoms with Crippen LogP contribution in [-0.4, -0.2) is 16.7 Å². The normalized spacial score (nSPS) is 11.3. The molecule has 2 aromatic rings. The monoisotopic (exact) mass is 296 g/mol. The quantitative estimate of drug-likeness (QED) is 0.658. The highest BCUT2D eigenvalue weighted by Gasteiger charge is 2.03. The van der Waals surface area contributed by atoms with E-state index in [-0.39, 0.29) is 11.7 Å². The van der Waals surface area contributed by atoms with E-state index in [0.717, 1.165) is 17.5 Å². The van der Waals surface area contributed by atoms with E-state index in [1.165, 1.54) is 5.56 Å². The lowest BCUT2D eigenvalue weighted by Crippen LogP contribution is -2.21. The zero-order valence-corrected chi connectivity index (χ0v) is 12.8. The number of phenolic OH excluding ortho intramolecular Hbond substituents is 1. The molecule has 0 aliphatic carbocycles. The van der Waals surface area contributed by atoms with Crippen molar-refractivity contribution < 1.29 is 9.90 Å². The van der Waals surface area contributed by atoms with Crippen molar-refractivity contribution in [3.05, 3.63) is 65.2 Å². The number of amides is 1. The van der Waals surface area contributed by atoms with Crippen molar-refractivity contribution in [3.63, 3.8) is 0 Å². The molecule has 0 saturated heterocycles. The second kappa shape index (κ2) is 7.41. The van der Waals surface area contributed by atoms with Crippen molar-refractivity contribution in [2.45, 2.75) is 26.7 Å². The minimum atomic E-state index is -0.151. The maximum absolute atomic E-state index is 11.9. The molecule has 4 heteroatoms. The van der Waals surface area contributed by atoms with Gasteiger partial charge in [0.25, 0.3) is 0 Å². The molecule has 4 nitrogen and oxygen atoms in total. The molecule has 0 aliphatic heterocycles. The van der Waals surface area contributed by atoms with Gasteiger partial charge >= 0.3 is 0 Å². The highest BCUT2D eigenvalue weighted by molar-refractivity contribution is 5.99. The number of rotatable bonds is 5. The fraction of sp³-hybridized carbons (Fsp3) is 0.222. The molecule has 0 unspecified atom stereocenters. The van der Waals surface area contributed by atoms with Crippen LogP contribution in [0.2, 0.25) is 0 Å². The van der Waals surface area contributed by atoms with Gasteiger partial charge in [-0.2, -0.15) is 5.10 Å². The molecule has 2 rings (SSSR count). The first-order chi connectivity index (χ1) is 10.6. The van der Waals surface area contributed by atoms with Gasteiger partial charge in [0, 0.05) is 0 Å². The molecule has 0 spiro atoms. The summed E-state index contributed by atoms with van der Waals surface area (Å²) in [6, 6.07) is 14.7. The summed E-state index contributed by atoms with van der Waals surface area (Å²) < 4.78 is 0. The van der Waals surface area contributed by atoms with Gasteiger partial charge in [0.1, 0.15) is 5.75 Å². The van der Waals surface area contributed by atoms with Crippen molar-refractivity contribution in [2.24, 2.45) is 5.10 Å². The number of hydrazone groups is 1. The van der Waals surface area contributed by atoms with Gasteiger partial charge in [-0.05, 0) is 54.3 Å². The third-order valence-corrected chi connectivity index (χ3v) is 3.43. The molecule has 0 atom stereocenters. The zero-order chi connectivity index (χ0) is 15.9. The zero-order valence-electron chi connectivity index (χ0n) is 12.8. The standard InChI is InChI=1S/C18H20N2O2/c1-3-14-4-6-15(7-5-14)12-18(22)20-19-13(2)16-8-10-17(21)11-9-16/h4-11,21H,3,12H2,1-2H3,(H,20,22)/b19-13-. The summed E-state index contributed by atoms with van der Waals surface area (Å²) in [5.74, 6) is 0.0542. The van der Waals surface area contributed by atoms with E-state index >= 15 is 0 Å². The predicted octanol–water partition coefficient (Wildman–Crippen LogP) is 3.04. The molecule has 22 heavy (non-hydrogen) atoms. The largest absolute Gasteiger partial charge is 0.508 e. The predicted molar refractivity (Wildman–Crippen MR) is 88.0 cm³/mol. The van der Waals surface area contributed by atoms with Crippen LogP contribution in [0, 0.1) is 0 Å². The third kappa shape index (κ3) is 4.45. The molecular formula is C18H20N2O2. The summed E-state index contributed by atoms with van der Waals surface area (Å²) in [6.45, 7) is 3.91. The molecule has 1 amide bonds. The van der Waals surface area contributed by atoms with Crippen molar-refractivity contribution in [1.29, 1.82) is 0 Å². The van der Waals surface area contributed by atoms with Gasteiger partial charge in [-0.3, -0.25) is 4.79 Å². The summed E-state index contributed by atoms with van der Waals surface area (Å²) in [5, 5.41) is 13.3. The minimum Gasteiger partial charge on any atom is -0.508 e. The lowest BCUT2D eigenvalue weighted by molar-refractivity contribution is -0.120. The minimum absolute atomic E-state index is 0.151. The third-order valence-electron chi connectivity index (χ3n) is 3.43. The van der Waals surface area contributed by atoms with Crippen LogP contribution in [0.25, 0.3) is 0 Å². The Labute approximate surface area is 130 Å². The second-order valence-electron chi connectivity index (χ2n) is 5.13. The Balaban J connectivity index is 1.93. The van der Waals surface area contributed by atoms with Crippen LogP contribution in [0.5, 0.6) is 5.75 Å². The Morgan fingerprint density at radius 1 is 1.05 bits per heavy atom. The number of aryl methyl sites for hydroxylation is 1. The summed E-state index contributed by atoms with van der Waals surface area (Å²) in [4.78, 5) is 11.9. The number of carbonyl (C=O) groups is 1. The van der Waals surface area contributed by atoms with Gasteiger partial charge in [-0.15, -0.1) is 0 Å². The maximum Gasteiger partial charge on any atom is 0.244 e. The smallest absolute Gasteiger partial charge is 0.244 e. The first-order valence-corrected chi connectivity index (χ1v) is 7.29. The van der Waals surface area contributed by atoms with Crippen LogP contribution >= 0.6 is 0 Å². The van der Waals surface area contributed by atoms with Gasteiger partial charge in [-0.1, -0.05) is 31.2 Å². The van der Waals surface area contributed by atoms with Crippen molar-refractivity contribution >= 4 is 11.6 Å². The van der Waals surface area contributed by atoms with Crippen molar-refractivity contribution in [2.75, 3.05) is 0 Å². The highest BCUT2D eigenvalue weighted by atomic mass is 16.3. The Hall–Kier alpha value is -2.62. The molecule has 0 aliphatic rings. The lowest BCUT2D eigenvalue weighted by atomic mass is 10.1. The number of hydrogen-bond donors (Lipinski definition) is 2. The number of aromatic hydroxyl groups is 1. The summed E-state index contributed by atoms with van der Waals surface area (Å²) in [7, 11) is 0. The first-order valence-electron chi connectivity index (χ1n) is 7.29. The Morgan fingerprint density at radius 3 is 2.23 bits per heavy atom. The SMILES string of the molecule is CCc1ccc(CC(=O)N/N=C(/C)c2ccc(O)cc2)cc1. The van der Waals surface area contributed by atoms with Gasteiger partial charge in [0.2, 0.25) is 5.91 Å². The average molecular weight is 296 g/mol. The van der Waals surface area contributed by atoms with Crippen LogP contribution in [0.15, 0.2) is 53.6 Å². The molecule has 0 bridgehead atoms. The number of hydrogen-bond acceptors (Lipinski definition) is 3. The van der Waals surface area contributed by atoms with E-state index in [2.05, 4.69) is 17.5 Å². The van der Waals surface area contributed by atoms with Gasteiger partial charge in [-0.25, -0.2) is 5.43 Å². The first kappa shape index (κ1) is 15.8. The summed E-state index contributed by atoms with van der Waals surface area (Å²) >= 11 is 0. The fourth-order valence-corrected chi connectivity index (χ4v) is 2.03. The molecule has 114 valence electrons. The van der Waals surface area contributed by atoms with E-state index in [9.17, 15) is 9.90 Å². The molecule has 0 saturated carbocycles. The van der Waals surface area contributed by atoms with E-state index in [4.69, 9.17) is 0 Å². The van der Waals surface area contributed by atoms with Crippen LogP contribution in [0.4, 0.5) is 0 Å². The van der Waals surface area contributed by atoms with Crippen LogP contribution < -0.4 is 5.43 Å². The van der Waals surface area contributed by atoms with Crippen LogP contribution in [-0.2, 0) is 17.6 Å². The number of nitrogens with one attached hydrogen (secondary N) is 1. The topological polar surface area (TPSA) is 61.7 Å². The Morgan fingerprint density at radius 2 is 1.64 bits per heavy atom. The molecule has 0 radical (unpaired) electrons. The second-order valence-corrected chi connectivity index (χ2v) is 5.13. The highest BCUT2D eigenvalue weighted by Crippen LogP contribution is 2.10. The molecule has 0 aromatic heterocycles. The number of benzene rings is 2. The van der Waals surface area contributed by atoms with Crippen molar-refractivity contribution in [3.8, 4) is 5.75 Å². The van der Waals surface area contributed by atoms with Crippen molar-refractivity contribution in [1.82, 2.24) is 5.43 Å². The maximum atomic E-state index is 11.9. The lowest BCUT2D eigenvalue weighted by Gasteiger charge is -2.04. The Bertz CT molecular complexity index is 658. The molecule has 0 fully saturated rings. The summed E-state index contributed by atoms with van der Waals surface area (Å²) in [5.41, 5.74) is 6.32. The van der Waals surface area contributed by atoms with E-state index < -0.39 is 0 Å². The van der Waals surface area contributed by atoms with Crippen LogP contribution in [0.1, 0.15) is 30.5 Å². The molecule has 2 aromatic carbocycles. The number of phenols is 1. The fourth-order valence-electron chi connectivity index (χ4n) is 2.03. The van der Waals surface area contributed by atoms with E-state index in [0.29, 0.717) is 12.1 Å². The molecule has 0 heterocycles. The van der Waals surface area contributed by atoms with Gasteiger partial charge in [0.15, 0.2) is 0 Å². The number of nitrogens with zero attached hydrogens (tertiary/aromatic N) is 1. The summed E-state index contributed by atoms with van der Waals surface area (Å²) in [6.07, 6.45) is 1.29. The van der Waals surface area contributed by atoms with E-state index in [1.807, 2.05) is 31.2 Å². The average Bonchev–Trinajstić information content (AvgIpc) is 2.54. The Kier molecular flexibility index (Phi) is 5.31. The van der Waals surface area contributed by atoms with Gasteiger partial charge < -0.3 is 5.11 Å². The number of carbonyl (C=O) groups excluding carboxylic acids is 1. The molecular weight excluding hydrogens is 276 g/mol.